The van der Waals surface area contributed by atoms with Gasteiger partial charge in [-0.05, 0) is 32.1 Å². The Morgan fingerprint density at radius 2 is 2.10 bits per heavy atom. The lowest BCUT2D eigenvalue weighted by Gasteiger charge is -2.21. The Balaban J connectivity index is 1.30. The van der Waals surface area contributed by atoms with Gasteiger partial charge in [0, 0.05) is 25.1 Å². The van der Waals surface area contributed by atoms with Crippen molar-refractivity contribution in [3.05, 3.63) is 17.5 Å². The molecule has 5 heteroatoms. The van der Waals surface area contributed by atoms with Gasteiger partial charge in [0.15, 0.2) is 5.69 Å². The van der Waals surface area contributed by atoms with Gasteiger partial charge in [0.2, 0.25) is 0 Å². The highest BCUT2D eigenvalue weighted by Crippen LogP contribution is 2.40. The molecule has 0 bridgehead atoms. The van der Waals surface area contributed by atoms with Crippen LogP contribution in [0.25, 0.3) is 0 Å². The van der Waals surface area contributed by atoms with Crippen molar-refractivity contribution in [3.63, 3.8) is 0 Å². The number of carbonyl (C=O) groups is 1. The molecule has 3 rings (SSSR count). The fourth-order valence-electron chi connectivity index (χ4n) is 2.80. The molecule has 0 radical (unpaired) electrons. The van der Waals surface area contributed by atoms with Crippen LogP contribution in [0.3, 0.4) is 0 Å². The van der Waals surface area contributed by atoms with E-state index in [2.05, 4.69) is 10.5 Å². The molecule has 2 fully saturated rings. The minimum atomic E-state index is -0.150. The maximum Gasteiger partial charge on any atom is 0.273 e. The number of hydrogen-bond acceptors (Lipinski definition) is 4. The van der Waals surface area contributed by atoms with Crippen molar-refractivity contribution >= 4 is 5.91 Å². The number of carbonyl (C=O) groups excluding carboxylic acids is 1. The van der Waals surface area contributed by atoms with Crippen LogP contribution in [-0.4, -0.2) is 30.3 Å². The molecule has 2 aliphatic carbocycles. The summed E-state index contributed by atoms with van der Waals surface area (Å²) in [5.74, 6) is 1.19. The maximum absolute atomic E-state index is 11.9. The van der Waals surface area contributed by atoms with Crippen molar-refractivity contribution in [2.24, 2.45) is 0 Å². The van der Waals surface area contributed by atoms with E-state index in [1.165, 1.54) is 32.1 Å². The van der Waals surface area contributed by atoms with E-state index in [0.29, 0.717) is 24.3 Å². The zero-order valence-corrected chi connectivity index (χ0v) is 12.5. The summed E-state index contributed by atoms with van der Waals surface area (Å²) >= 11 is 0. The molecule has 2 saturated carbocycles. The third-order valence-corrected chi connectivity index (χ3v) is 4.25. The molecular weight excluding hydrogens is 268 g/mol. The second-order valence-corrected chi connectivity index (χ2v) is 6.13. The zero-order valence-electron chi connectivity index (χ0n) is 12.5. The molecule has 1 heterocycles. The smallest absolute Gasteiger partial charge is 0.273 e. The van der Waals surface area contributed by atoms with Gasteiger partial charge in [-0.1, -0.05) is 24.4 Å². The summed E-state index contributed by atoms with van der Waals surface area (Å²) < 4.78 is 11.0. The fourth-order valence-corrected chi connectivity index (χ4v) is 2.80. The minimum Gasteiger partial charge on any atom is -0.378 e. The van der Waals surface area contributed by atoms with Crippen molar-refractivity contribution in [2.45, 2.75) is 63.4 Å². The highest BCUT2D eigenvalue weighted by molar-refractivity contribution is 5.92. The first-order chi connectivity index (χ1) is 10.3. The lowest BCUT2D eigenvalue weighted by molar-refractivity contribution is 0.0273. The first-order valence-electron chi connectivity index (χ1n) is 8.19. The Hall–Kier alpha value is -1.36. The monoisotopic (exact) mass is 292 g/mol. The number of nitrogens with one attached hydrogen (secondary N) is 1. The van der Waals surface area contributed by atoms with Gasteiger partial charge in [0.05, 0.1) is 6.10 Å². The summed E-state index contributed by atoms with van der Waals surface area (Å²) in [5.41, 5.74) is 0.394. The van der Waals surface area contributed by atoms with E-state index in [0.717, 1.165) is 31.6 Å². The highest BCUT2D eigenvalue weighted by Gasteiger charge is 2.28. The van der Waals surface area contributed by atoms with E-state index in [-0.39, 0.29) is 5.91 Å². The predicted molar refractivity (Wildman–Crippen MR) is 78.3 cm³/mol. The molecule has 116 valence electrons. The quantitative estimate of drug-likeness (QED) is 0.785. The van der Waals surface area contributed by atoms with E-state index in [1.54, 1.807) is 6.07 Å². The Bertz CT molecular complexity index is 462. The molecule has 1 N–H and O–H groups in total. The Morgan fingerprint density at radius 1 is 1.29 bits per heavy atom. The average molecular weight is 292 g/mol. The second kappa shape index (κ2) is 7.07. The molecule has 0 spiro atoms. The molecule has 0 saturated heterocycles. The van der Waals surface area contributed by atoms with Crippen LogP contribution < -0.4 is 5.32 Å². The fraction of sp³-hybridized carbons (Fsp3) is 0.750. The number of nitrogens with zero attached hydrogens (tertiary/aromatic N) is 1. The first-order valence-corrected chi connectivity index (χ1v) is 8.19. The van der Waals surface area contributed by atoms with Crippen LogP contribution in [0.15, 0.2) is 10.6 Å². The van der Waals surface area contributed by atoms with Gasteiger partial charge >= 0.3 is 0 Å². The van der Waals surface area contributed by atoms with Gasteiger partial charge in [-0.25, -0.2) is 0 Å². The normalized spacial score (nSPS) is 19.6. The van der Waals surface area contributed by atoms with Gasteiger partial charge in [-0.2, -0.15) is 0 Å². The van der Waals surface area contributed by atoms with Crippen molar-refractivity contribution in [3.8, 4) is 0 Å². The average Bonchev–Trinajstić information content (AvgIpc) is 3.25. The summed E-state index contributed by atoms with van der Waals surface area (Å²) in [6.07, 6.45) is 9.87. The summed E-state index contributed by atoms with van der Waals surface area (Å²) in [6, 6.07) is 1.77. The van der Waals surface area contributed by atoms with E-state index in [9.17, 15) is 4.79 Å². The molecule has 1 aromatic heterocycles. The molecule has 0 aromatic carbocycles. The molecule has 0 atom stereocenters. The third kappa shape index (κ3) is 4.30. The Kier molecular flexibility index (Phi) is 4.91. The van der Waals surface area contributed by atoms with E-state index in [4.69, 9.17) is 9.26 Å². The number of aromatic nitrogens is 1. The maximum atomic E-state index is 11.9. The van der Waals surface area contributed by atoms with Gasteiger partial charge < -0.3 is 14.6 Å². The number of rotatable bonds is 7. The summed E-state index contributed by atoms with van der Waals surface area (Å²) in [4.78, 5) is 11.9. The SMILES string of the molecule is O=C(NCCCOC1CCCCC1)c1cc(C2CC2)on1. The van der Waals surface area contributed by atoms with Gasteiger partial charge in [-0.15, -0.1) is 0 Å². The summed E-state index contributed by atoms with van der Waals surface area (Å²) in [6.45, 7) is 1.34. The van der Waals surface area contributed by atoms with Crippen LogP contribution in [0.1, 0.15) is 73.5 Å². The molecule has 1 aromatic rings. The molecule has 2 aliphatic rings. The Labute approximate surface area is 125 Å². The van der Waals surface area contributed by atoms with Crippen molar-refractivity contribution in [1.82, 2.24) is 10.5 Å². The highest BCUT2D eigenvalue weighted by atomic mass is 16.5. The number of hydrogen-bond donors (Lipinski definition) is 1. The number of ether oxygens (including phenoxy) is 1. The van der Waals surface area contributed by atoms with E-state index in [1.807, 2.05) is 0 Å². The molecule has 21 heavy (non-hydrogen) atoms. The predicted octanol–water partition coefficient (Wildman–Crippen LogP) is 3.02. The zero-order chi connectivity index (χ0) is 14.5. The molecule has 1 amide bonds. The topological polar surface area (TPSA) is 64.4 Å². The van der Waals surface area contributed by atoms with Gasteiger partial charge in [0.1, 0.15) is 5.76 Å². The molecule has 0 unspecified atom stereocenters. The van der Waals surface area contributed by atoms with Gasteiger partial charge in [0.25, 0.3) is 5.91 Å². The van der Waals surface area contributed by atoms with Crippen molar-refractivity contribution in [2.75, 3.05) is 13.2 Å². The number of amides is 1. The van der Waals surface area contributed by atoms with Crippen LogP contribution >= 0.6 is 0 Å². The molecule has 0 aliphatic heterocycles. The summed E-state index contributed by atoms with van der Waals surface area (Å²) in [7, 11) is 0. The van der Waals surface area contributed by atoms with Crippen LogP contribution in [0.4, 0.5) is 0 Å². The summed E-state index contributed by atoms with van der Waals surface area (Å²) in [5, 5.41) is 6.70. The lowest BCUT2D eigenvalue weighted by Crippen LogP contribution is -2.26. The van der Waals surface area contributed by atoms with Gasteiger partial charge in [-0.3, -0.25) is 4.79 Å². The van der Waals surface area contributed by atoms with Crippen molar-refractivity contribution in [1.29, 1.82) is 0 Å². The van der Waals surface area contributed by atoms with Crippen molar-refractivity contribution < 1.29 is 14.1 Å². The standard InChI is InChI=1S/C16H24N2O3/c19-16(14-11-15(21-18-14)12-7-8-12)17-9-4-10-20-13-5-2-1-3-6-13/h11-13H,1-10H2,(H,17,19). The first kappa shape index (κ1) is 14.6. The molecular formula is C16H24N2O3. The van der Waals surface area contributed by atoms with E-state index < -0.39 is 0 Å². The van der Waals surface area contributed by atoms with Crippen LogP contribution in [0.5, 0.6) is 0 Å². The minimum absolute atomic E-state index is 0.150. The molecule has 5 nitrogen and oxygen atoms in total. The third-order valence-electron chi connectivity index (χ3n) is 4.25. The van der Waals surface area contributed by atoms with Crippen LogP contribution in [-0.2, 0) is 4.74 Å². The van der Waals surface area contributed by atoms with E-state index >= 15 is 0 Å². The second-order valence-electron chi connectivity index (χ2n) is 6.13. The van der Waals surface area contributed by atoms with Crippen LogP contribution in [0, 0.1) is 0 Å². The lowest BCUT2D eigenvalue weighted by atomic mass is 9.98. The van der Waals surface area contributed by atoms with Crippen LogP contribution in [0.2, 0.25) is 0 Å². The largest absolute Gasteiger partial charge is 0.378 e. The Morgan fingerprint density at radius 3 is 2.86 bits per heavy atom.